The van der Waals surface area contributed by atoms with Gasteiger partial charge in [0.25, 0.3) is 11.8 Å². The summed E-state index contributed by atoms with van der Waals surface area (Å²) in [4.78, 5) is 37.8. The summed E-state index contributed by atoms with van der Waals surface area (Å²) in [6.07, 6.45) is -1.16. The number of hydrogen-bond donors (Lipinski definition) is 2. The molecule has 32 heavy (non-hydrogen) atoms. The number of carbonyl (C=O) groups excluding carboxylic acids is 2. The summed E-state index contributed by atoms with van der Waals surface area (Å²) in [5.74, 6) is -1.41. The highest BCUT2D eigenvalue weighted by molar-refractivity contribution is 6.01. The lowest BCUT2D eigenvalue weighted by atomic mass is 10.0. The van der Waals surface area contributed by atoms with Gasteiger partial charge in [0, 0.05) is 16.7 Å². The number of hydrazine groups is 1. The van der Waals surface area contributed by atoms with Crippen LogP contribution in [-0.2, 0) is 4.79 Å². The fourth-order valence-electron chi connectivity index (χ4n) is 3.54. The Morgan fingerprint density at radius 1 is 1.06 bits per heavy atom. The van der Waals surface area contributed by atoms with Crippen molar-refractivity contribution < 1.29 is 29.0 Å². The van der Waals surface area contributed by atoms with Crippen molar-refractivity contribution >= 4 is 17.8 Å². The lowest BCUT2D eigenvalue weighted by molar-refractivity contribution is -0.147. The van der Waals surface area contributed by atoms with Crippen molar-refractivity contribution in [1.82, 2.24) is 10.4 Å². The van der Waals surface area contributed by atoms with Crippen molar-refractivity contribution in [3.8, 4) is 11.5 Å². The molecule has 8 nitrogen and oxygen atoms in total. The van der Waals surface area contributed by atoms with Crippen LogP contribution in [0, 0.1) is 20.8 Å². The van der Waals surface area contributed by atoms with Crippen molar-refractivity contribution in [2.24, 2.45) is 0 Å². The van der Waals surface area contributed by atoms with Crippen LogP contribution < -0.4 is 14.9 Å². The largest absolute Gasteiger partial charge is 0.485 e. The first-order chi connectivity index (χ1) is 14.9. The summed E-state index contributed by atoms with van der Waals surface area (Å²) in [5, 5.41) is 10.5. The van der Waals surface area contributed by atoms with Gasteiger partial charge in [-0.25, -0.2) is 9.80 Å². The van der Waals surface area contributed by atoms with Gasteiger partial charge in [-0.1, -0.05) is 17.2 Å². The van der Waals surface area contributed by atoms with Gasteiger partial charge in [-0.05, 0) is 65.8 Å². The molecule has 170 valence electrons. The van der Waals surface area contributed by atoms with E-state index in [2.05, 4.69) is 5.43 Å². The molecule has 1 heterocycles. The fourth-order valence-corrected chi connectivity index (χ4v) is 3.54. The Morgan fingerprint density at radius 2 is 1.69 bits per heavy atom. The van der Waals surface area contributed by atoms with Crippen molar-refractivity contribution in [2.75, 3.05) is 6.61 Å². The summed E-state index contributed by atoms with van der Waals surface area (Å²) >= 11 is 0. The highest BCUT2D eigenvalue weighted by Gasteiger charge is 2.34. The quantitative estimate of drug-likeness (QED) is 0.709. The number of ether oxygens (including phenoxy) is 2. The molecule has 1 unspecified atom stereocenters. The first-order valence-electron chi connectivity index (χ1n) is 10.3. The average Bonchev–Trinajstić information content (AvgIpc) is 2.69. The number of nitrogens with zero attached hydrogens (tertiary/aromatic N) is 1. The van der Waals surface area contributed by atoms with Gasteiger partial charge in [0.1, 0.15) is 6.61 Å². The number of aryl methyl sites for hydroxylation is 2. The molecule has 2 aromatic carbocycles. The van der Waals surface area contributed by atoms with Gasteiger partial charge in [-0.15, -0.1) is 0 Å². The Labute approximate surface area is 187 Å². The molecule has 0 fully saturated rings. The molecule has 2 amide bonds. The standard InChI is InChI=1S/C24H28N2O6/c1-13-9-14(2)11-16(10-13)21(27)25-26(24(4,5)6)22(28)17-7-8-18-20(15(17)3)32-19(12-31-18)23(29)30/h7-11,19H,12H2,1-6H3,(H,25,27)(H,29,30). The van der Waals surface area contributed by atoms with E-state index in [0.717, 1.165) is 11.1 Å². The molecule has 1 atom stereocenters. The Balaban J connectivity index is 1.94. The molecular weight excluding hydrogens is 412 g/mol. The van der Waals surface area contributed by atoms with Crippen LogP contribution >= 0.6 is 0 Å². The fraction of sp³-hybridized carbons (Fsp3) is 0.375. The molecule has 0 saturated heterocycles. The van der Waals surface area contributed by atoms with Gasteiger partial charge >= 0.3 is 5.97 Å². The van der Waals surface area contributed by atoms with E-state index in [1.165, 1.54) is 5.01 Å². The lowest BCUT2D eigenvalue weighted by Crippen LogP contribution is -2.56. The van der Waals surface area contributed by atoms with Crippen molar-refractivity contribution in [1.29, 1.82) is 0 Å². The van der Waals surface area contributed by atoms with Gasteiger partial charge in [0.2, 0.25) is 6.10 Å². The second-order valence-electron chi connectivity index (χ2n) is 8.95. The zero-order valence-corrected chi connectivity index (χ0v) is 19.1. The first-order valence-corrected chi connectivity index (χ1v) is 10.3. The summed E-state index contributed by atoms with van der Waals surface area (Å²) in [5.41, 5.74) is 5.05. The number of benzene rings is 2. The van der Waals surface area contributed by atoms with E-state index in [1.807, 2.05) is 19.9 Å². The number of carboxylic acid groups (broad SMARTS) is 1. The van der Waals surface area contributed by atoms with E-state index < -0.39 is 29.4 Å². The Bertz CT molecular complexity index is 1070. The van der Waals surface area contributed by atoms with Gasteiger partial charge in [-0.3, -0.25) is 15.0 Å². The minimum absolute atomic E-state index is 0.116. The van der Waals surface area contributed by atoms with Crippen LogP contribution in [0.4, 0.5) is 0 Å². The number of fused-ring (bicyclic) bond motifs is 1. The Hall–Kier alpha value is -3.55. The Morgan fingerprint density at radius 3 is 2.25 bits per heavy atom. The van der Waals surface area contributed by atoms with Crippen molar-refractivity contribution in [2.45, 2.75) is 53.2 Å². The van der Waals surface area contributed by atoms with Crippen LogP contribution in [0.1, 0.15) is 58.2 Å². The van der Waals surface area contributed by atoms with Gasteiger partial charge < -0.3 is 14.6 Å². The number of aliphatic carboxylic acids is 1. The van der Waals surface area contributed by atoms with Gasteiger partial charge in [0.15, 0.2) is 11.5 Å². The molecule has 8 heteroatoms. The van der Waals surface area contributed by atoms with Gasteiger partial charge in [-0.2, -0.15) is 0 Å². The van der Waals surface area contributed by atoms with Crippen LogP contribution in [0.5, 0.6) is 11.5 Å². The molecule has 0 radical (unpaired) electrons. The molecule has 0 aliphatic carbocycles. The van der Waals surface area contributed by atoms with Crippen LogP contribution in [0.25, 0.3) is 0 Å². The lowest BCUT2D eigenvalue weighted by Gasteiger charge is -2.36. The maximum absolute atomic E-state index is 13.5. The van der Waals surface area contributed by atoms with E-state index in [1.54, 1.807) is 52.0 Å². The van der Waals surface area contributed by atoms with E-state index in [-0.39, 0.29) is 17.9 Å². The number of rotatable bonds is 3. The number of amides is 2. The smallest absolute Gasteiger partial charge is 0.348 e. The summed E-state index contributed by atoms with van der Waals surface area (Å²) in [6, 6.07) is 8.64. The third kappa shape index (κ3) is 4.69. The van der Waals surface area contributed by atoms with Gasteiger partial charge in [0.05, 0.1) is 5.54 Å². The number of nitrogens with one attached hydrogen (secondary N) is 1. The second-order valence-corrected chi connectivity index (χ2v) is 8.95. The molecule has 1 aliphatic heterocycles. The predicted octanol–water partition coefficient (Wildman–Crippen LogP) is 3.42. The molecule has 0 aromatic heterocycles. The molecule has 3 rings (SSSR count). The molecule has 0 bridgehead atoms. The molecule has 0 spiro atoms. The topological polar surface area (TPSA) is 105 Å². The normalized spacial score (nSPS) is 15.1. The number of carbonyl (C=O) groups is 3. The van der Waals surface area contributed by atoms with E-state index >= 15 is 0 Å². The molecule has 0 saturated carbocycles. The monoisotopic (exact) mass is 440 g/mol. The number of hydrogen-bond acceptors (Lipinski definition) is 5. The van der Waals surface area contributed by atoms with Crippen LogP contribution in [0.3, 0.4) is 0 Å². The third-order valence-electron chi connectivity index (χ3n) is 5.10. The van der Waals surface area contributed by atoms with E-state index in [4.69, 9.17) is 9.47 Å². The summed E-state index contributed by atoms with van der Waals surface area (Å²) in [6.45, 7) is 10.8. The molecule has 2 aromatic rings. The zero-order valence-electron chi connectivity index (χ0n) is 19.1. The van der Waals surface area contributed by atoms with Crippen LogP contribution in [0.2, 0.25) is 0 Å². The Kier molecular flexibility index (Phi) is 6.16. The summed E-state index contributed by atoms with van der Waals surface area (Å²) in [7, 11) is 0. The first kappa shape index (κ1) is 23.1. The summed E-state index contributed by atoms with van der Waals surface area (Å²) < 4.78 is 11.1. The number of carboxylic acids is 1. The minimum Gasteiger partial charge on any atom is -0.485 e. The van der Waals surface area contributed by atoms with Crippen molar-refractivity contribution in [3.63, 3.8) is 0 Å². The maximum Gasteiger partial charge on any atom is 0.348 e. The van der Waals surface area contributed by atoms with E-state index in [9.17, 15) is 19.5 Å². The SMILES string of the molecule is Cc1cc(C)cc(C(=O)NN(C(=O)c2ccc3c(c2C)OC(C(=O)O)CO3)C(C)(C)C)c1. The molecular formula is C24H28N2O6. The van der Waals surface area contributed by atoms with E-state index in [0.29, 0.717) is 16.9 Å². The highest BCUT2D eigenvalue weighted by Crippen LogP contribution is 2.37. The molecule has 2 N–H and O–H groups in total. The average molecular weight is 440 g/mol. The predicted molar refractivity (Wildman–Crippen MR) is 118 cm³/mol. The second kappa shape index (κ2) is 8.53. The minimum atomic E-state index is -1.16. The highest BCUT2D eigenvalue weighted by atomic mass is 16.6. The molecule has 1 aliphatic rings. The maximum atomic E-state index is 13.5. The van der Waals surface area contributed by atoms with Crippen molar-refractivity contribution in [3.05, 3.63) is 58.1 Å². The van der Waals surface area contributed by atoms with Crippen LogP contribution in [-0.4, -0.2) is 46.1 Å². The zero-order chi connectivity index (χ0) is 23.8. The third-order valence-corrected chi connectivity index (χ3v) is 5.10. The van der Waals surface area contributed by atoms with Crippen LogP contribution in [0.15, 0.2) is 30.3 Å².